The van der Waals surface area contributed by atoms with Gasteiger partial charge >= 0.3 is 6.18 Å². The second-order valence-corrected chi connectivity index (χ2v) is 10.4. The number of rotatable bonds is 4. The van der Waals surface area contributed by atoms with Gasteiger partial charge in [0.1, 0.15) is 23.3 Å². The van der Waals surface area contributed by atoms with Crippen LogP contribution in [0, 0.1) is 13.8 Å². The second-order valence-electron chi connectivity index (χ2n) is 10.4. The maximum atomic E-state index is 13.3. The Morgan fingerprint density at radius 3 is 2.27 bits per heavy atom. The van der Waals surface area contributed by atoms with E-state index in [0.29, 0.717) is 16.9 Å². The van der Waals surface area contributed by atoms with Crippen molar-refractivity contribution in [2.24, 2.45) is 0 Å². The zero-order valence-corrected chi connectivity index (χ0v) is 21.2. The van der Waals surface area contributed by atoms with Crippen molar-refractivity contribution in [2.75, 3.05) is 0 Å². The summed E-state index contributed by atoms with van der Waals surface area (Å²) >= 11 is 0. The largest absolute Gasteiger partial charge is 0.507 e. The Bertz CT molecular complexity index is 1410. The molecule has 1 saturated heterocycles. The lowest BCUT2D eigenvalue weighted by molar-refractivity contribution is -0.140. The lowest BCUT2D eigenvalue weighted by Crippen LogP contribution is -2.29. The van der Waals surface area contributed by atoms with Gasteiger partial charge in [-0.3, -0.25) is 9.59 Å². The molecule has 0 aliphatic carbocycles. The highest BCUT2D eigenvalue weighted by Gasteiger charge is 2.48. The maximum absolute atomic E-state index is 13.3. The van der Waals surface area contributed by atoms with Crippen LogP contribution in [0.2, 0.25) is 0 Å². The van der Waals surface area contributed by atoms with Gasteiger partial charge in [0.25, 0.3) is 11.7 Å². The third-order valence-corrected chi connectivity index (χ3v) is 6.54. The molecule has 1 aromatic heterocycles. The van der Waals surface area contributed by atoms with Crippen LogP contribution in [-0.2, 0) is 27.7 Å². The van der Waals surface area contributed by atoms with Crippen molar-refractivity contribution in [1.29, 1.82) is 0 Å². The summed E-state index contributed by atoms with van der Waals surface area (Å²) in [6.45, 7) is 9.24. The normalized spacial score (nSPS) is 18.1. The van der Waals surface area contributed by atoms with Gasteiger partial charge in [0.2, 0.25) is 0 Å². The number of furan rings is 1. The van der Waals surface area contributed by atoms with Crippen LogP contribution < -0.4 is 0 Å². The van der Waals surface area contributed by atoms with E-state index in [-0.39, 0.29) is 34.6 Å². The fourth-order valence-electron chi connectivity index (χ4n) is 4.47. The Morgan fingerprint density at radius 2 is 1.68 bits per heavy atom. The quantitative estimate of drug-likeness (QED) is 0.237. The van der Waals surface area contributed by atoms with E-state index in [0.717, 1.165) is 22.6 Å². The lowest BCUT2D eigenvalue weighted by Gasteiger charge is -2.24. The number of amides is 1. The van der Waals surface area contributed by atoms with Crippen LogP contribution in [0.5, 0.6) is 0 Å². The average Bonchev–Trinajstić information content (AvgIpc) is 3.34. The Hall–Kier alpha value is -3.81. The molecule has 4 rings (SSSR count). The summed E-state index contributed by atoms with van der Waals surface area (Å²) in [7, 11) is 0. The molecule has 3 aromatic rings. The van der Waals surface area contributed by atoms with Crippen LogP contribution in [0.4, 0.5) is 13.2 Å². The molecule has 0 radical (unpaired) electrons. The number of ketones is 1. The molecule has 37 heavy (non-hydrogen) atoms. The first-order valence-electron chi connectivity index (χ1n) is 11.8. The fraction of sp³-hybridized carbons (Fsp3) is 0.310. The van der Waals surface area contributed by atoms with E-state index in [9.17, 15) is 27.9 Å². The fourth-order valence-corrected chi connectivity index (χ4v) is 4.47. The molecule has 0 saturated carbocycles. The van der Waals surface area contributed by atoms with Gasteiger partial charge in [-0.2, -0.15) is 13.2 Å². The molecule has 0 spiro atoms. The maximum Gasteiger partial charge on any atom is 0.416 e. The number of Topliss-reactive ketones (excluding diaryl/α,β-unsaturated/α-hetero) is 1. The molecule has 1 aliphatic rings. The summed E-state index contributed by atoms with van der Waals surface area (Å²) in [4.78, 5) is 27.6. The summed E-state index contributed by atoms with van der Waals surface area (Å²) in [6, 6.07) is 12.3. The summed E-state index contributed by atoms with van der Waals surface area (Å²) in [6.07, 6.45) is -4.56. The number of hydrogen-bond acceptors (Lipinski definition) is 4. The minimum Gasteiger partial charge on any atom is -0.507 e. The van der Waals surface area contributed by atoms with Crippen LogP contribution in [0.15, 0.2) is 64.6 Å². The third kappa shape index (κ3) is 5.05. The van der Waals surface area contributed by atoms with E-state index in [2.05, 4.69) is 0 Å². The number of alkyl halides is 3. The van der Waals surface area contributed by atoms with Gasteiger partial charge in [-0.25, -0.2) is 0 Å². The molecule has 1 N–H and O–H groups in total. The Morgan fingerprint density at radius 1 is 0.973 bits per heavy atom. The first-order valence-corrected chi connectivity index (χ1v) is 11.8. The van der Waals surface area contributed by atoms with Gasteiger partial charge in [-0.15, -0.1) is 0 Å². The van der Waals surface area contributed by atoms with E-state index >= 15 is 0 Å². The minimum atomic E-state index is -4.56. The van der Waals surface area contributed by atoms with Crippen molar-refractivity contribution >= 4 is 17.4 Å². The smallest absolute Gasteiger partial charge is 0.416 e. The van der Waals surface area contributed by atoms with Crippen molar-refractivity contribution in [2.45, 2.75) is 58.8 Å². The molecule has 1 atom stereocenters. The molecule has 1 fully saturated rings. The van der Waals surface area contributed by atoms with Crippen LogP contribution >= 0.6 is 0 Å². The zero-order chi connectivity index (χ0) is 27.3. The Labute approximate surface area is 213 Å². The number of carbonyl (C=O) groups is 2. The van der Waals surface area contributed by atoms with Gasteiger partial charge in [0.05, 0.1) is 11.1 Å². The Balaban J connectivity index is 1.87. The van der Waals surface area contributed by atoms with Gasteiger partial charge in [0, 0.05) is 12.1 Å². The first kappa shape index (κ1) is 26.3. The number of nitrogens with zero attached hydrogens (tertiary/aromatic N) is 1. The number of aliphatic hydroxyl groups excluding tert-OH is 1. The molecule has 8 heteroatoms. The topological polar surface area (TPSA) is 70.8 Å². The second kappa shape index (κ2) is 9.25. The molecule has 1 unspecified atom stereocenters. The standard InChI is InChI=1S/C29H28F3NO4/c1-16-9-11-19(28(3,4)5)14-21(16)25(34)23-24(22-12-10-17(2)37-22)33(27(36)26(23)35)15-18-7-6-8-20(13-18)29(30,31)32/h6-14,24,34H,15H2,1-5H3/b25-23+. The molecule has 2 heterocycles. The van der Waals surface area contributed by atoms with Gasteiger partial charge < -0.3 is 14.4 Å². The van der Waals surface area contributed by atoms with E-state index in [1.54, 1.807) is 32.0 Å². The number of carbonyl (C=O) groups excluding carboxylic acids is 2. The summed E-state index contributed by atoms with van der Waals surface area (Å²) in [5, 5.41) is 11.4. The number of hydrogen-bond donors (Lipinski definition) is 1. The molecule has 194 valence electrons. The third-order valence-electron chi connectivity index (χ3n) is 6.54. The zero-order valence-electron chi connectivity index (χ0n) is 21.2. The molecule has 1 amide bonds. The highest BCUT2D eigenvalue weighted by atomic mass is 19.4. The molecule has 5 nitrogen and oxygen atoms in total. The summed E-state index contributed by atoms with van der Waals surface area (Å²) in [5.41, 5.74) is 0.943. The van der Waals surface area contributed by atoms with Crippen LogP contribution in [0.1, 0.15) is 66.2 Å². The molecular formula is C29H28F3NO4. The predicted octanol–water partition coefficient (Wildman–Crippen LogP) is 6.83. The van der Waals surface area contributed by atoms with E-state index in [1.807, 2.05) is 32.9 Å². The monoisotopic (exact) mass is 511 g/mol. The summed E-state index contributed by atoms with van der Waals surface area (Å²) in [5.74, 6) is -1.46. The van der Waals surface area contributed by atoms with Crippen LogP contribution in [0.3, 0.4) is 0 Å². The van der Waals surface area contributed by atoms with Crippen LogP contribution in [0.25, 0.3) is 5.76 Å². The van der Waals surface area contributed by atoms with Gasteiger partial charge in [0.15, 0.2) is 0 Å². The molecule has 2 aromatic carbocycles. The summed E-state index contributed by atoms with van der Waals surface area (Å²) < 4.78 is 45.6. The molecule has 1 aliphatic heterocycles. The predicted molar refractivity (Wildman–Crippen MR) is 133 cm³/mol. The van der Waals surface area contributed by atoms with Crippen molar-refractivity contribution in [3.8, 4) is 0 Å². The van der Waals surface area contributed by atoms with E-state index in [1.165, 1.54) is 12.1 Å². The van der Waals surface area contributed by atoms with Crippen molar-refractivity contribution < 1.29 is 32.3 Å². The highest BCUT2D eigenvalue weighted by Crippen LogP contribution is 2.42. The van der Waals surface area contributed by atoms with Gasteiger partial charge in [-0.1, -0.05) is 45.0 Å². The average molecular weight is 512 g/mol. The van der Waals surface area contributed by atoms with Crippen molar-refractivity contribution in [3.63, 3.8) is 0 Å². The number of likely N-dealkylation sites (tertiary alicyclic amines) is 1. The van der Waals surface area contributed by atoms with Crippen molar-refractivity contribution in [3.05, 3.63) is 99.5 Å². The Kier molecular flexibility index (Phi) is 6.56. The van der Waals surface area contributed by atoms with Gasteiger partial charge in [-0.05, 0) is 66.3 Å². The lowest BCUT2D eigenvalue weighted by atomic mass is 9.84. The van der Waals surface area contributed by atoms with Crippen molar-refractivity contribution in [1.82, 2.24) is 4.90 Å². The molecular weight excluding hydrogens is 483 g/mol. The minimum absolute atomic E-state index is 0.166. The molecule has 0 bridgehead atoms. The van der Waals surface area contributed by atoms with Crippen LogP contribution in [-0.4, -0.2) is 21.7 Å². The van der Waals surface area contributed by atoms with E-state index < -0.39 is 29.5 Å². The highest BCUT2D eigenvalue weighted by molar-refractivity contribution is 6.46. The first-order chi connectivity index (χ1) is 17.2. The SMILES string of the molecule is Cc1ccc(C2/C(=C(\O)c3cc(C(C)(C)C)ccc3C)C(=O)C(=O)N2Cc2cccc(C(F)(F)F)c2)o1. The number of halogens is 3. The number of benzene rings is 2. The van der Waals surface area contributed by atoms with E-state index in [4.69, 9.17) is 4.42 Å². The number of aliphatic hydroxyl groups is 1. The number of aryl methyl sites for hydroxylation is 2.